The number of H-pyrrole nitrogens is 1. The van der Waals surface area contributed by atoms with Crippen LogP contribution in [0.4, 0.5) is 0 Å². The van der Waals surface area contributed by atoms with Gasteiger partial charge in [0.2, 0.25) is 15.9 Å². The summed E-state index contributed by atoms with van der Waals surface area (Å²) in [4.78, 5) is 12.3. The quantitative estimate of drug-likeness (QED) is 0.851. The molecular weight excluding hydrogens is 304 g/mol. The van der Waals surface area contributed by atoms with Crippen LogP contribution in [0.5, 0.6) is 0 Å². The van der Waals surface area contributed by atoms with Crippen molar-refractivity contribution < 1.29 is 13.2 Å². The number of nitrogens with one attached hydrogen (secondary N) is 2. The van der Waals surface area contributed by atoms with Gasteiger partial charge in [-0.2, -0.15) is 9.40 Å². The second-order valence-corrected chi connectivity index (χ2v) is 8.10. The molecule has 0 aromatic carbocycles. The molecule has 1 aromatic rings. The minimum Gasteiger partial charge on any atom is -0.353 e. The van der Waals surface area contributed by atoms with E-state index in [9.17, 15) is 13.2 Å². The Morgan fingerprint density at radius 3 is 2.36 bits per heavy atom. The van der Waals surface area contributed by atoms with Gasteiger partial charge in [0.15, 0.2) is 0 Å². The third-order valence-electron chi connectivity index (χ3n) is 4.41. The van der Waals surface area contributed by atoms with Crippen molar-refractivity contribution in [1.29, 1.82) is 0 Å². The summed E-state index contributed by atoms with van der Waals surface area (Å²) in [5.41, 5.74) is 1.05. The van der Waals surface area contributed by atoms with Gasteiger partial charge in [0, 0.05) is 25.0 Å². The van der Waals surface area contributed by atoms with Crippen molar-refractivity contribution in [2.45, 2.75) is 50.5 Å². The van der Waals surface area contributed by atoms with Gasteiger partial charge in [0.25, 0.3) is 0 Å². The first-order valence-corrected chi connectivity index (χ1v) is 9.15. The number of aromatic nitrogens is 2. The lowest BCUT2D eigenvalue weighted by atomic mass is 9.97. The maximum absolute atomic E-state index is 12.7. The molecule has 1 aromatic heterocycles. The van der Waals surface area contributed by atoms with E-state index in [0.717, 1.165) is 12.8 Å². The summed E-state index contributed by atoms with van der Waals surface area (Å²) in [5.74, 6) is 0.00816. The standard InChI is InChI=1S/C14H22N4O3S/c1-9-13(10(2)17-16-9)22(20,21)18-7-5-11(6-8-18)14(19)15-12-3-4-12/h11-12H,3-8H2,1-2H3,(H,15,19)(H,16,17). The van der Waals surface area contributed by atoms with E-state index >= 15 is 0 Å². The number of amides is 1. The molecule has 0 bridgehead atoms. The number of nitrogens with zero attached hydrogens (tertiary/aromatic N) is 2. The first kappa shape index (κ1) is 15.5. The monoisotopic (exact) mass is 326 g/mol. The molecule has 2 aliphatic rings. The van der Waals surface area contributed by atoms with Gasteiger partial charge in [-0.15, -0.1) is 0 Å². The molecule has 2 N–H and O–H groups in total. The van der Waals surface area contributed by atoms with E-state index in [-0.39, 0.29) is 16.7 Å². The highest BCUT2D eigenvalue weighted by molar-refractivity contribution is 7.89. The maximum Gasteiger partial charge on any atom is 0.246 e. The molecule has 22 heavy (non-hydrogen) atoms. The summed E-state index contributed by atoms with van der Waals surface area (Å²) in [7, 11) is -3.53. The molecule has 0 radical (unpaired) electrons. The second kappa shape index (κ2) is 5.66. The van der Waals surface area contributed by atoms with Crippen molar-refractivity contribution in [3.8, 4) is 0 Å². The van der Waals surface area contributed by atoms with Gasteiger partial charge in [-0.05, 0) is 39.5 Å². The first-order chi connectivity index (χ1) is 10.4. The normalized spacial score (nSPS) is 21.0. The third-order valence-corrected chi connectivity index (χ3v) is 6.57. The van der Waals surface area contributed by atoms with Crippen LogP contribution in [0.1, 0.15) is 37.1 Å². The highest BCUT2D eigenvalue weighted by Gasteiger charge is 2.35. The largest absolute Gasteiger partial charge is 0.353 e. The fraction of sp³-hybridized carbons (Fsp3) is 0.714. The molecule has 0 unspecified atom stereocenters. The van der Waals surface area contributed by atoms with Crippen LogP contribution in [-0.4, -0.2) is 48.0 Å². The van der Waals surface area contributed by atoms with Crippen molar-refractivity contribution >= 4 is 15.9 Å². The number of hydrogen-bond acceptors (Lipinski definition) is 4. The average molecular weight is 326 g/mol. The molecule has 0 spiro atoms. The summed E-state index contributed by atoms with van der Waals surface area (Å²) >= 11 is 0. The Labute approximate surface area is 130 Å². The zero-order valence-corrected chi connectivity index (χ0v) is 13.7. The molecule has 1 aliphatic heterocycles. The van der Waals surface area contributed by atoms with Gasteiger partial charge in [0.1, 0.15) is 4.90 Å². The SMILES string of the molecule is Cc1n[nH]c(C)c1S(=O)(=O)N1CCC(C(=O)NC2CC2)CC1. The summed E-state index contributed by atoms with van der Waals surface area (Å²) in [6.07, 6.45) is 3.29. The van der Waals surface area contributed by atoms with E-state index in [1.54, 1.807) is 13.8 Å². The highest BCUT2D eigenvalue weighted by atomic mass is 32.2. The number of aromatic amines is 1. The van der Waals surface area contributed by atoms with Gasteiger partial charge in [-0.25, -0.2) is 8.42 Å². The molecule has 1 aliphatic carbocycles. The van der Waals surface area contributed by atoms with Gasteiger partial charge in [-0.1, -0.05) is 0 Å². The number of carbonyl (C=O) groups is 1. The number of piperidine rings is 1. The Kier molecular flexibility index (Phi) is 3.98. The Balaban J connectivity index is 1.66. The summed E-state index contributed by atoms with van der Waals surface area (Å²) in [6.45, 7) is 4.17. The van der Waals surface area contributed by atoms with Crippen LogP contribution in [0.15, 0.2) is 4.90 Å². The van der Waals surface area contributed by atoms with Crippen molar-refractivity contribution in [3.05, 3.63) is 11.4 Å². The van der Waals surface area contributed by atoms with Crippen LogP contribution in [0, 0.1) is 19.8 Å². The number of carbonyl (C=O) groups excluding carboxylic acids is 1. The Morgan fingerprint density at radius 1 is 1.23 bits per heavy atom. The maximum atomic E-state index is 12.7. The van der Waals surface area contributed by atoms with Crippen LogP contribution in [0.3, 0.4) is 0 Å². The fourth-order valence-electron chi connectivity index (χ4n) is 2.95. The molecule has 0 atom stereocenters. The van der Waals surface area contributed by atoms with Crippen LogP contribution in [-0.2, 0) is 14.8 Å². The molecule has 3 rings (SSSR count). The summed E-state index contributed by atoms with van der Waals surface area (Å²) in [6, 6.07) is 0.352. The minimum absolute atomic E-state index is 0.0707. The summed E-state index contributed by atoms with van der Waals surface area (Å²) in [5, 5.41) is 9.68. The predicted molar refractivity (Wildman–Crippen MR) is 80.7 cm³/mol. The predicted octanol–water partition coefficient (Wildman–Crippen LogP) is 0.706. The van der Waals surface area contributed by atoms with E-state index in [2.05, 4.69) is 15.5 Å². The van der Waals surface area contributed by atoms with Gasteiger partial charge in [-0.3, -0.25) is 9.89 Å². The van der Waals surface area contributed by atoms with Gasteiger partial charge >= 0.3 is 0 Å². The molecule has 8 heteroatoms. The van der Waals surface area contributed by atoms with Crippen LogP contribution in [0.2, 0.25) is 0 Å². The van der Waals surface area contributed by atoms with Crippen LogP contribution >= 0.6 is 0 Å². The highest BCUT2D eigenvalue weighted by Crippen LogP contribution is 2.27. The van der Waals surface area contributed by atoms with Gasteiger partial charge < -0.3 is 5.32 Å². The lowest BCUT2D eigenvalue weighted by Crippen LogP contribution is -2.43. The van der Waals surface area contributed by atoms with E-state index in [1.807, 2.05) is 0 Å². The molecule has 1 amide bonds. The average Bonchev–Trinajstić information content (AvgIpc) is 3.22. The van der Waals surface area contributed by atoms with E-state index in [0.29, 0.717) is 43.4 Å². The van der Waals surface area contributed by atoms with E-state index in [4.69, 9.17) is 0 Å². The molecule has 2 heterocycles. The fourth-order valence-corrected chi connectivity index (χ4v) is 4.76. The lowest BCUT2D eigenvalue weighted by molar-refractivity contribution is -0.126. The molecule has 7 nitrogen and oxygen atoms in total. The number of hydrogen-bond donors (Lipinski definition) is 2. The number of aryl methyl sites for hydroxylation is 2. The first-order valence-electron chi connectivity index (χ1n) is 7.71. The minimum atomic E-state index is -3.53. The molecule has 1 saturated carbocycles. The van der Waals surface area contributed by atoms with Crippen LogP contribution < -0.4 is 5.32 Å². The van der Waals surface area contributed by atoms with E-state index in [1.165, 1.54) is 4.31 Å². The van der Waals surface area contributed by atoms with Crippen molar-refractivity contribution in [3.63, 3.8) is 0 Å². The molecule has 122 valence electrons. The molecule has 1 saturated heterocycles. The lowest BCUT2D eigenvalue weighted by Gasteiger charge is -2.30. The Bertz CT molecular complexity index is 651. The zero-order chi connectivity index (χ0) is 15.9. The molecular formula is C14H22N4O3S. The smallest absolute Gasteiger partial charge is 0.246 e. The Hall–Kier alpha value is -1.41. The Morgan fingerprint density at radius 2 is 1.86 bits per heavy atom. The molecule has 2 fully saturated rings. The van der Waals surface area contributed by atoms with Crippen molar-refractivity contribution in [2.24, 2.45) is 5.92 Å². The third kappa shape index (κ3) is 2.89. The van der Waals surface area contributed by atoms with Crippen molar-refractivity contribution in [1.82, 2.24) is 19.8 Å². The summed E-state index contributed by atoms with van der Waals surface area (Å²) < 4.78 is 26.9. The number of rotatable bonds is 4. The van der Waals surface area contributed by atoms with Gasteiger partial charge in [0.05, 0.1) is 11.4 Å². The van der Waals surface area contributed by atoms with Crippen molar-refractivity contribution in [2.75, 3.05) is 13.1 Å². The topological polar surface area (TPSA) is 95.2 Å². The van der Waals surface area contributed by atoms with Crippen LogP contribution in [0.25, 0.3) is 0 Å². The number of sulfonamides is 1. The zero-order valence-electron chi connectivity index (χ0n) is 12.9. The van der Waals surface area contributed by atoms with E-state index < -0.39 is 10.0 Å². The second-order valence-electron chi connectivity index (χ2n) is 6.22.